The Bertz CT molecular complexity index is 843. The smallest absolute Gasteiger partial charge is 0.245 e. The van der Waals surface area contributed by atoms with E-state index in [-0.39, 0.29) is 30.3 Å². The first-order valence-electron chi connectivity index (χ1n) is 10.6. The predicted molar refractivity (Wildman–Crippen MR) is 116 cm³/mol. The van der Waals surface area contributed by atoms with Crippen molar-refractivity contribution >= 4 is 22.6 Å². The fourth-order valence-electron chi connectivity index (χ4n) is 3.86. The van der Waals surface area contributed by atoms with Crippen molar-refractivity contribution in [2.24, 2.45) is 5.92 Å². The molecular formula is C24H32N2O3. The van der Waals surface area contributed by atoms with E-state index in [1.807, 2.05) is 50.2 Å². The van der Waals surface area contributed by atoms with Crippen molar-refractivity contribution in [1.29, 1.82) is 0 Å². The van der Waals surface area contributed by atoms with Gasteiger partial charge in [-0.3, -0.25) is 9.59 Å². The molecule has 2 unspecified atom stereocenters. The van der Waals surface area contributed by atoms with Gasteiger partial charge in [0.2, 0.25) is 11.8 Å². The second-order valence-corrected chi connectivity index (χ2v) is 8.35. The van der Waals surface area contributed by atoms with Gasteiger partial charge in [-0.05, 0) is 41.5 Å². The van der Waals surface area contributed by atoms with Crippen LogP contribution in [0.5, 0.6) is 0 Å². The summed E-state index contributed by atoms with van der Waals surface area (Å²) in [7, 11) is 1.80. The zero-order chi connectivity index (χ0) is 20.8. The van der Waals surface area contributed by atoms with Crippen LogP contribution in [-0.4, -0.2) is 49.1 Å². The summed E-state index contributed by atoms with van der Waals surface area (Å²) in [5.74, 6) is -0.173. The van der Waals surface area contributed by atoms with Crippen LogP contribution in [0.2, 0.25) is 0 Å². The Kier molecular flexibility index (Phi) is 7.26. The van der Waals surface area contributed by atoms with Gasteiger partial charge in [0.1, 0.15) is 6.04 Å². The molecule has 5 nitrogen and oxygen atoms in total. The Hall–Kier alpha value is -2.40. The number of fused-ring (bicyclic) bond motifs is 1. The summed E-state index contributed by atoms with van der Waals surface area (Å²) in [4.78, 5) is 27.4. The van der Waals surface area contributed by atoms with Crippen LogP contribution in [-0.2, 0) is 20.7 Å². The zero-order valence-corrected chi connectivity index (χ0v) is 17.7. The van der Waals surface area contributed by atoms with Crippen molar-refractivity contribution in [2.45, 2.75) is 51.7 Å². The van der Waals surface area contributed by atoms with E-state index < -0.39 is 6.04 Å². The molecule has 2 atom stereocenters. The van der Waals surface area contributed by atoms with Gasteiger partial charge in [0.15, 0.2) is 0 Å². The number of nitrogens with one attached hydrogen (secondary N) is 1. The maximum atomic E-state index is 13.0. The van der Waals surface area contributed by atoms with Crippen LogP contribution in [0.25, 0.3) is 10.8 Å². The van der Waals surface area contributed by atoms with Crippen LogP contribution in [0.15, 0.2) is 42.5 Å². The lowest BCUT2D eigenvalue weighted by Gasteiger charge is -2.31. The molecule has 1 N–H and O–H groups in total. The molecule has 0 aromatic heterocycles. The van der Waals surface area contributed by atoms with E-state index in [2.05, 4.69) is 11.4 Å². The first kappa shape index (κ1) is 21.3. The third kappa shape index (κ3) is 5.80. The monoisotopic (exact) mass is 396 g/mol. The number of nitrogens with zero attached hydrogens (tertiary/aromatic N) is 1. The maximum Gasteiger partial charge on any atom is 0.245 e. The first-order valence-corrected chi connectivity index (χ1v) is 10.6. The lowest BCUT2D eigenvalue weighted by molar-refractivity contribution is -0.138. The third-order valence-electron chi connectivity index (χ3n) is 5.56. The lowest BCUT2D eigenvalue weighted by Crippen LogP contribution is -2.52. The largest absolute Gasteiger partial charge is 0.376 e. The number of likely N-dealkylation sites (N-methyl/N-ethyl adjacent to an activating group) is 1. The highest BCUT2D eigenvalue weighted by Gasteiger charge is 2.28. The zero-order valence-electron chi connectivity index (χ0n) is 17.7. The molecule has 1 heterocycles. The van der Waals surface area contributed by atoms with E-state index in [1.165, 1.54) is 0 Å². The molecule has 2 aromatic rings. The van der Waals surface area contributed by atoms with E-state index in [4.69, 9.17) is 4.74 Å². The molecule has 0 radical (unpaired) electrons. The molecule has 1 fully saturated rings. The quantitative estimate of drug-likeness (QED) is 0.779. The average Bonchev–Trinajstić information content (AvgIpc) is 2.72. The van der Waals surface area contributed by atoms with Crippen LogP contribution < -0.4 is 5.32 Å². The Labute approximate surface area is 173 Å². The number of amides is 2. The van der Waals surface area contributed by atoms with Crippen molar-refractivity contribution < 1.29 is 14.3 Å². The van der Waals surface area contributed by atoms with Gasteiger partial charge in [-0.25, -0.2) is 0 Å². The molecule has 29 heavy (non-hydrogen) atoms. The van der Waals surface area contributed by atoms with Crippen molar-refractivity contribution in [3.63, 3.8) is 0 Å². The molecule has 1 aliphatic rings. The first-order chi connectivity index (χ1) is 13.9. The third-order valence-corrected chi connectivity index (χ3v) is 5.56. The van der Waals surface area contributed by atoms with Gasteiger partial charge >= 0.3 is 0 Å². The van der Waals surface area contributed by atoms with Gasteiger partial charge in [0, 0.05) is 20.2 Å². The van der Waals surface area contributed by atoms with Gasteiger partial charge in [-0.2, -0.15) is 0 Å². The van der Waals surface area contributed by atoms with Gasteiger partial charge in [0.05, 0.1) is 12.5 Å². The molecule has 2 amide bonds. The van der Waals surface area contributed by atoms with Crippen molar-refractivity contribution in [2.75, 3.05) is 20.2 Å². The van der Waals surface area contributed by atoms with E-state index in [1.54, 1.807) is 11.9 Å². The topological polar surface area (TPSA) is 58.6 Å². The molecule has 0 aliphatic carbocycles. The Balaban J connectivity index is 1.60. The summed E-state index contributed by atoms with van der Waals surface area (Å²) >= 11 is 0. The molecule has 0 saturated carbocycles. The lowest BCUT2D eigenvalue weighted by atomic mass is 10.0. The van der Waals surface area contributed by atoms with Gasteiger partial charge in [0.25, 0.3) is 0 Å². The highest BCUT2D eigenvalue weighted by Crippen LogP contribution is 2.17. The second-order valence-electron chi connectivity index (χ2n) is 8.35. The number of benzene rings is 2. The van der Waals surface area contributed by atoms with Gasteiger partial charge in [-0.1, -0.05) is 56.3 Å². The molecule has 5 heteroatoms. The Morgan fingerprint density at radius 3 is 2.59 bits per heavy atom. The van der Waals surface area contributed by atoms with Crippen LogP contribution >= 0.6 is 0 Å². The molecular weight excluding hydrogens is 364 g/mol. The minimum absolute atomic E-state index is 0.0118. The number of carbonyl (C=O) groups excluding carboxylic acids is 2. The standard InChI is InChI=1S/C24H32N2O3/c1-17(2)23(24(28)26(3)16-21-10-6-7-13-29-21)25-22(27)15-18-11-12-19-8-4-5-9-20(19)14-18/h4-5,8-9,11-12,14,17,21,23H,6-7,10,13,15-16H2,1-3H3,(H,25,27). The van der Waals surface area contributed by atoms with Crippen molar-refractivity contribution in [3.8, 4) is 0 Å². The number of ether oxygens (including phenoxy) is 1. The maximum absolute atomic E-state index is 13.0. The van der Waals surface area contributed by atoms with Crippen molar-refractivity contribution in [1.82, 2.24) is 10.2 Å². The summed E-state index contributed by atoms with van der Waals surface area (Å²) < 4.78 is 5.75. The van der Waals surface area contributed by atoms with Crippen LogP contribution in [0.3, 0.4) is 0 Å². The molecule has 0 spiro atoms. The van der Waals surface area contributed by atoms with Crippen molar-refractivity contribution in [3.05, 3.63) is 48.0 Å². The second kappa shape index (κ2) is 9.88. The van der Waals surface area contributed by atoms with Crippen LogP contribution in [0.1, 0.15) is 38.7 Å². The number of hydrogen-bond acceptors (Lipinski definition) is 3. The molecule has 1 saturated heterocycles. The summed E-state index contributed by atoms with van der Waals surface area (Å²) in [6.45, 7) is 5.26. The Morgan fingerprint density at radius 2 is 1.90 bits per heavy atom. The van der Waals surface area contributed by atoms with Gasteiger partial charge < -0.3 is 15.0 Å². The molecule has 0 bridgehead atoms. The van der Waals surface area contributed by atoms with Crippen LogP contribution in [0, 0.1) is 5.92 Å². The number of rotatable bonds is 7. The highest BCUT2D eigenvalue weighted by molar-refractivity contribution is 5.89. The van der Waals surface area contributed by atoms with E-state index in [0.29, 0.717) is 6.54 Å². The van der Waals surface area contributed by atoms with Gasteiger partial charge in [-0.15, -0.1) is 0 Å². The molecule has 1 aliphatic heterocycles. The summed E-state index contributed by atoms with van der Waals surface area (Å²) in [5.41, 5.74) is 0.945. The molecule has 2 aromatic carbocycles. The van der Waals surface area contributed by atoms with E-state index in [9.17, 15) is 9.59 Å². The highest BCUT2D eigenvalue weighted by atomic mass is 16.5. The van der Waals surface area contributed by atoms with E-state index >= 15 is 0 Å². The predicted octanol–water partition coefficient (Wildman–Crippen LogP) is 3.55. The number of carbonyl (C=O) groups is 2. The molecule has 156 valence electrons. The minimum atomic E-state index is -0.531. The Morgan fingerprint density at radius 1 is 1.14 bits per heavy atom. The SMILES string of the molecule is CC(C)C(NC(=O)Cc1ccc2ccccc2c1)C(=O)N(C)CC1CCCCO1. The van der Waals surface area contributed by atoms with E-state index in [0.717, 1.165) is 42.2 Å². The molecule has 3 rings (SSSR count). The normalized spacial score (nSPS) is 17.9. The van der Waals surface area contributed by atoms with Crippen LogP contribution in [0.4, 0.5) is 0 Å². The number of hydrogen-bond donors (Lipinski definition) is 1. The fourth-order valence-corrected chi connectivity index (χ4v) is 3.86. The minimum Gasteiger partial charge on any atom is -0.376 e. The average molecular weight is 397 g/mol. The summed E-state index contributed by atoms with van der Waals surface area (Å²) in [5, 5.41) is 5.22. The summed E-state index contributed by atoms with van der Waals surface area (Å²) in [6.07, 6.45) is 3.57. The summed E-state index contributed by atoms with van der Waals surface area (Å²) in [6, 6.07) is 13.6. The fraction of sp³-hybridized carbons (Fsp3) is 0.500.